The van der Waals surface area contributed by atoms with Crippen molar-refractivity contribution in [1.29, 1.82) is 0 Å². The van der Waals surface area contributed by atoms with Crippen LogP contribution < -0.4 is 4.90 Å². The molecular formula is C23H20ClN3O3S. The molecular weight excluding hydrogens is 434 g/mol. The summed E-state index contributed by atoms with van der Waals surface area (Å²) in [6, 6.07) is 13.1. The highest BCUT2D eigenvalue weighted by atomic mass is 35.5. The van der Waals surface area contributed by atoms with Crippen molar-refractivity contribution in [3.63, 3.8) is 0 Å². The molecule has 8 heteroatoms. The summed E-state index contributed by atoms with van der Waals surface area (Å²) in [5, 5.41) is 21.0. The first-order valence-electron chi connectivity index (χ1n) is 9.75. The number of carbonyl (C=O) groups excluding carboxylic acids is 2. The fourth-order valence-electron chi connectivity index (χ4n) is 3.41. The predicted octanol–water partition coefficient (Wildman–Crippen LogP) is 5.25. The van der Waals surface area contributed by atoms with Crippen LogP contribution in [0, 0.1) is 6.92 Å². The maximum Gasteiger partial charge on any atom is 0.301 e. The van der Waals surface area contributed by atoms with Crippen LogP contribution in [0.15, 0.2) is 54.1 Å². The maximum absolute atomic E-state index is 13.1. The minimum absolute atomic E-state index is 0.0115. The van der Waals surface area contributed by atoms with Crippen LogP contribution >= 0.6 is 22.9 Å². The Balaban J connectivity index is 1.91. The molecule has 1 N–H and O–H groups in total. The van der Waals surface area contributed by atoms with Gasteiger partial charge in [-0.25, -0.2) is 0 Å². The fourth-order valence-corrected chi connectivity index (χ4v) is 4.41. The van der Waals surface area contributed by atoms with E-state index >= 15 is 0 Å². The van der Waals surface area contributed by atoms with Crippen LogP contribution in [0.5, 0.6) is 0 Å². The van der Waals surface area contributed by atoms with E-state index in [-0.39, 0.29) is 17.3 Å². The zero-order chi connectivity index (χ0) is 22.3. The summed E-state index contributed by atoms with van der Waals surface area (Å²) >= 11 is 7.22. The Morgan fingerprint density at radius 3 is 2.29 bits per heavy atom. The van der Waals surface area contributed by atoms with Crippen molar-refractivity contribution in [3.05, 3.63) is 80.8 Å². The number of amides is 1. The van der Waals surface area contributed by atoms with E-state index in [4.69, 9.17) is 11.6 Å². The van der Waals surface area contributed by atoms with Gasteiger partial charge in [0, 0.05) is 16.5 Å². The Labute approximate surface area is 188 Å². The molecule has 1 fully saturated rings. The largest absolute Gasteiger partial charge is 0.507 e. The van der Waals surface area contributed by atoms with Gasteiger partial charge >= 0.3 is 5.91 Å². The molecule has 2 heterocycles. The minimum Gasteiger partial charge on any atom is -0.507 e. The number of rotatable bonds is 4. The third-order valence-corrected chi connectivity index (χ3v) is 6.56. The number of nitrogens with zero attached hydrogens (tertiary/aromatic N) is 3. The zero-order valence-corrected chi connectivity index (χ0v) is 18.7. The molecule has 1 atom stereocenters. The van der Waals surface area contributed by atoms with Crippen LogP contribution in [-0.2, 0) is 9.59 Å². The lowest BCUT2D eigenvalue weighted by atomic mass is 9.95. The highest BCUT2D eigenvalue weighted by Crippen LogP contribution is 2.43. The van der Waals surface area contributed by atoms with Gasteiger partial charge in [0.15, 0.2) is 0 Å². The van der Waals surface area contributed by atoms with Gasteiger partial charge in [0.25, 0.3) is 5.78 Å². The smallest absolute Gasteiger partial charge is 0.301 e. The summed E-state index contributed by atoms with van der Waals surface area (Å²) in [5.41, 5.74) is 2.15. The lowest BCUT2D eigenvalue weighted by Crippen LogP contribution is -2.29. The van der Waals surface area contributed by atoms with Crippen LogP contribution in [0.1, 0.15) is 47.5 Å². The molecule has 6 nitrogen and oxygen atoms in total. The lowest BCUT2D eigenvalue weighted by molar-refractivity contribution is -0.132. The van der Waals surface area contributed by atoms with Crippen LogP contribution in [0.3, 0.4) is 0 Å². The average molecular weight is 454 g/mol. The molecule has 31 heavy (non-hydrogen) atoms. The number of ketones is 1. The van der Waals surface area contributed by atoms with E-state index in [2.05, 4.69) is 10.2 Å². The number of carbonyl (C=O) groups is 2. The summed E-state index contributed by atoms with van der Waals surface area (Å²) in [6.45, 7) is 5.92. The second-order valence-corrected chi connectivity index (χ2v) is 9.09. The lowest BCUT2D eigenvalue weighted by Gasteiger charge is -2.22. The van der Waals surface area contributed by atoms with E-state index in [0.717, 1.165) is 10.6 Å². The molecule has 4 rings (SSSR count). The molecule has 1 amide bonds. The second kappa shape index (κ2) is 8.24. The number of hydrogen-bond donors (Lipinski definition) is 1. The average Bonchev–Trinajstić information content (AvgIpc) is 3.32. The summed E-state index contributed by atoms with van der Waals surface area (Å²) in [6.07, 6.45) is 0. The van der Waals surface area contributed by atoms with Crippen molar-refractivity contribution in [2.75, 3.05) is 4.90 Å². The van der Waals surface area contributed by atoms with Gasteiger partial charge in [0.1, 0.15) is 10.8 Å². The normalized spacial score (nSPS) is 18.2. The Bertz CT molecular complexity index is 1180. The number of aromatic nitrogens is 2. The van der Waals surface area contributed by atoms with Crippen molar-refractivity contribution < 1.29 is 14.7 Å². The Hall–Kier alpha value is -3.03. The standard InChI is InChI=1S/C23H20ClN3O3S/c1-12(2)21-25-26-23(31-21)27-18(14-6-4-13(3)5-7-14)17(20(29)22(27)30)19(28)15-8-10-16(24)11-9-15/h4-12,18,28H,1-3H3/b19-17-. The first-order valence-corrected chi connectivity index (χ1v) is 10.9. The van der Waals surface area contributed by atoms with E-state index in [0.29, 0.717) is 21.3 Å². The summed E-state index contributed by atoms with van der Waals surface area (Å²) in [5.74, 6) is -1.63. The van der Waals surface area contributed by atoms with E-state index in [1.807, 2.05) is 45.0 Å². The molecule has 3 aromatic rings. The van der Waals surface area contributed by atoms with E-state index in [1.165, 1.54) is 16.2 Å². The minimum atomic E-state index is -0.816. The van der Waals surface area contributed by atoms with Gasteiger partial charge in [-0.15, -0.1) is 10.2 Å². The topological polar surface area (TPSA) is 83.4 Å². The van der Waals surface area contributed by atoms with Crippen molar-refractivity contribution in [1.82, 2.24) is 10.2 Å². The highest BCUT2D eigenvalue weighted by molar-refractivity contribution is 7.15. The van der Waals surface area contributed by atoms with Gasteiger partial charge in [-0.05, 0) is 36.8 Å². The molecule has 1 aliphatic rings. The van der Waals surface area contributed by atoms with Gasteiger partial charge < -0.3 is 5.11 Å². The molecule has 1 unspecified atom stereocenters. The summed E-state index contributed by atoms with van der Waals surface area (Å²) in [4.78, 5) is 27.5. The number of Topliss-reactive ketones (excluding diaryl/α,β-unsaturated/α-hetero) is 1. The first kappa shape index (κ1) is 21.2. The SMILES string of the molecule is Cc1ccc(C2/C(=C(/O)c3ccc(Cl)cc3)C(=O)C(=O)N2c2nnc(C(C)C)s2)cc1. The maximum atomic E-state index is 13.1. The third-order valence-electron chi connectivity index (χ3n) is 5.09. The molecule has 0 spiro atoms. The van der Waals surface area contributed by atoms with Gasteiger partial charge in [0.05, 0.1) is 11.6 Å². The highest BCUT2D eigenvalue weighted by Gasteiger charge is 2.48. The Morgan fingerprint density at radius 1 is 1.06 bits per heavy atom. The van der Waals surface area contributed by atoms with Crippen molar-refractivity contribution >= 4 is 45.5 Å². The third kappa shape index (κ3) is 3.86. The van der Waals surface area contributed by atoms with E-state index in [9.17, 15) is 14.7 Å². The molecule has 0 saturated carbocycles. The quantitative estimate of drug-likeness (QED) is 0.331. The van der Waals surface area contributed by atoms with Gasteiger partial charge in [0.2, 0.25) is 5.13 Å². The number of halogens is 1. The Morgan fingerprint density at radius 2 is 1.71 bits per heavy atom. The van der Waals surface area contributed by atoms with Crippen molar-refractivity contribution in [3.8, 4) is 0 Å². The van der Waals surface area contributed by atoms with Gasteiger partial charge in [-0.1, -0.05) is 66.6 Å². The first-order chi connectivity index (χ1) is 14.8. The van der Waals surface area contributed by atoms with Crippen LogP contribution in [0.4, 0.5) is 5.13 Å². The second-order valence-electron chi connectivity index (χ2n) is 7.66. The number of benzene rings is 2. The number of aliphatic hydroxyl groups is 1. The Kier molecular flexibility index (Phi) is 5.64. The number of aliphatic hydroxyl groups excluding tert-OH is 1. The van der Waals surface area contributed by atoms with Gasteiger partial charge in [-0.2, -0.15) is 0 Å². The molecule has 1 saturated heterocycles. The van der Waals surface area contributed by atoms with Crippen molar-refractivity contribution in [2.45, 2.75) is 32.7 Å². The predicted molar refractivity (Wildman–Crippen MR) is 121 cm³/mol. The molecule has 0 bridgehead atoms. The molecule has 1 aromatic heterocycles. The monoisotopic (exact) mass is 453 g/mol. The molecule has 2 aromatic carbocycles. The number of aryl methyl sites for hydroxylation is 1. The van der Waals surface area contributed by atoms with Gasteiger partial charge in [-0.3, -0.25) is 14.5 Å². The molecule has 0 aliphatic carbocycles. The van der Waals surface area contributed by atoms with Crippen molar-refractivity contribution in [2.24, 2.45) is 0 Å². The number of hydrogen-bond acceptors (Lipinski definition) is 6. The summed E-state index contributed by atoms with van der Waals surface area (Å²) < 4.78 is 0. The zero-order valence-electron chi connectivity index (χ0n) is 17.2. The van der Waals surface area contributed by atoms with Crippen LogP contribution in [0.25, 0.3) is 5.76 Å². The molecule has 1 aliphatic heterocycles. The fraction of sp³-hybridized carbons (Fsp3) is 0.217. The summed E-state index contributed by atoms with van der Waals surface area (Å²) in [7, 11) is 0. The molecule has 0 radical (unpaired) electrons. The number of anilines is 1. The van der Waals surface area contributed by atoms with Crippen LogP contribution in [0.2, 0.25) is 5.02 Å². The van der Waals surface area contributed by atoms with E-state index in [1.54, 1.807) is 24.3 Å². The van der Waals surface area contributed by atoms with E-state index < -0.39 is 17.7 Å². The van der Waals surface area contributed by atoms with Crippen LogP contribution in [-0.4, -0.2) is 27.0 Å². The molecule has 158 valence electrons.